The van der Waals surface area contributed by atoms with Crippen molar-refractivity contribution in [3.63, 3.8) is 0 Å². The monoisotopic (exact) mass is 253 g/mol. The third-order valence-electron chi connectivity index (χ3n) is 3.10. The molecule has 1 nitrogen and oxygen atoms in total. The van der Waals surface area contributed by atoms with Gasteiger partial charge in [-0.2, -0.15) is 0 Å². The number of fused-ring (bicyclic) bond motifs is 1. The van der Waals surface area contributed by atoms with Crippen LogP contribution in [0.25, 0.3) is 21.9 Å². The molecule has 0 spiro atoms. The summed E-state index contributed by atoms with van der Waals surface area (Å²) < 4.78 is 0. The van der Waals surface area contributed by atoms with E-state index in [4.69, 9.17) is 17.3 Å². The second kappa shape index (κ2) is 4.35. The molecular weight excluding hydrogens is 242 g/mol. The molecule has 2 heteroatoms. The first kappa shape index (κ1) is 11.1. The van der Waals surface area contributed by atoms with E-state index < -0.39 is 0 Å². The van der Waals surface area contributed by atoms with E-state index in [2.05, 4.69) is 0 Å². The van der Waals surface area contributed by atoms with Crippen molar-refractivity contribution < 1.29 is 0 Å². The molecule has 0 fully saturated rings. The summed E-state index contributed by atoms with van der Waals surface area (Å²) in [5, 5.41) is 2.80. The van der Waals surface area contributed by atoms with Gasteiger partial charge in [-0.1, -0.05) is 66.2 Å². The van der Waals surface area contributed by atoms with Gasteiger partial charge < -0.3 is 5.73 Å². The molecular formula is C16H12ClN. The fraction of sp³-hybridized carbons (Fsp3) is 0. The minimum absolute atomic E-state index is 0.692. The number of nitrogens with two attached hydrogens (primary N) is 1. The standard InChI is InChI=1S/C16H12ClN/c17-14-10-12-8-4-5-9-13(12)16(18)15(14)11-6-2-1-3-7-11/h1-10H,18H2. The number of anilines is 1. The minimum Gasteiger partial charge on any atom is -0.398 e. The van der Waals surface area contributed by atoms with Crippen LogP contribution in [0.5, 0.6) is 0 Å². The van der Waals surface area contributed by atoms with Gasteiger partial charge in [0.15, 0.2) is 0 Å². The Bertz CT molecular complexity index is 705. The van der Waals surface area contributed by atoms with Gasteiger partial charge in [-0.25, -0.2) is 0 Å². The van der Waals surface area contributed by atoms with E-state index in [0.717, 1.165) is 27.6 Å². The van der Waals surface area contributed by atoms with Gasteiger partial charge in [0, 0.05) is 16.6 Å². The summed E-state index contributed by atoms with van der Waals surface area (Å²) in [6.07, 6.45) is 0. The van der Waals surface area contributed by atoms with Crippen LogP contribution in [0.4, 0.5) is 5.69 Å². The van der Waals surface area contributed by atoms with Crippen LogP contribution in [0, 0.1) is 0 Å². The number of hydrogen-bond donors (Lipinski definition) is 1. The predicted octanol–water partition coefficient (Wildman–Crippen LogP) is 4.74. The summed E-state index contributed by atoms with van der Waals surface area (Å²) in [7, 11) is 0. The number of benzene rings is 3. The molecule has 0 saturated carbocycles. The van der Waals surface area contributed by atoms with Crippen LogP contribution >= 0.6 is 11.6 Å². The summed E-state index contributed by atoms with van der Waals surface area (Å²) in [5.74, 6) is 0. The van der Waals surface area contributed by atoms with Crippen molar-refractivity contribution in [3.05, 3.63) is 65.7 Å². The van der Waals surface area contributed by atoms with Crippen LogP contribution in [0.3, 0.4) is 0 Å². The molecule has 2 N–H and O–H groups in total. The molecule has 0 amide bonds. The quantitative estimate of drug-likeness (QED) is 0.623. The van der Waals surface area contributed by atoms with Crippen molar-refractivity contribution >= 4 is 28.1 Å². The zero-order valence-corrected chi connectivity index (χ0v) is 10.5. The smallest absolute Gasteiger partial charge is 0.0511 e. The molecule has 0 atom stereocenters. The fourth-order valence-electron chi connectivity index (χ4n) is 2.24. The van der Waals surface area contributed by atoms with Crippen molar-refractivity contribution in [2.24, 2.45) is 0 Å². The van der Waals surface area contributed by atoms with Gasteiger partial charge in [0.05, 0.1) is 5.02 Å². The van der Waals surface area contributed by atoms with Crippen molar-refractivity contribution in [2.75, 3.05) is 5.73 Å². The molecule has 3 aromatic carbocycles. The first-order valence-corrected chi connectivity index (χ1v) is 6.17. The zero-order valence-electron chi connectivity index (χ0n) is 9.73. The number of halogens is 1. The van der Waals surface area contributed by atoms with E-state index in [9.17, 15) is 0 Å². The predicted molar refractivity (Wildman–Crippen MR) is 78.8 cm³/mol. The van der Waals surface area contributed by atoms with Gasteiger partial charge in [0.1, 0.15) is 0 Å². The molecule has 3 rings (SSSR count). The maximum Gasteiger partial charge on any atom is 0.0511 e. The van der Waals surface area contributed by atoms with Crippen molar-refractivity contribution in [1.82, 2.24) is 0 Å². The number of hydrogen-bond acceptors (Lipinski definition) is 1. The van der Waals surface area contributed by atoms with Crippen LogP contribution in [0.1, 0.15) is 0 Å². The first-order valence-electron chi connectivity index (χ1n) is 5.79. The van der Waals surface area contributed by atoms with E-state index in [1.165, 1.54) is 0 Å². The molecule has 0 aromatic heterocycles. The fourth-order valence-corrected chi connectivity index (χ4v) is 2.57. The van der Waals surface area contributed by atoms with Crippen molar-refractivity contribution in [1.29, 1.82) is 0 Å². The number of rotatable bonds is 1. The van der Waals surface area contributed by atoms with Gasteiger partial charge in [-0.15, -0.1) is 0 Å². The maximum absolute atomic E-state index is 6.36. The summed E-state index contributed by atoms with van der Waals surface area (Å²) in [4.78, 5) is 0. The van der Waals surface area contributed by atoms with Crippen molar-refractivity contribution in [2.45, 2.75) is 0 Å². The highest BCUT2D eigenvalue weighted by molar-refractivity contribution is 6.35. The second-order valence-corrected chi connectivity index (χ2v) is 4.64. The van der Waals surface area contributed by atoms with E-state index in [-0.39, 0.29) is 0 Å². The molecule has 0 unspecified atom stereocenters. The molecule has 0 aliphatic rings. The Kier molecular flexibility index (Phi) is 2.69. The molecule has 18 heavy (non-hydrogen) atoms. The molecule has 88 valence electrons. The molecule has 0 radical (unpaired) electrons. The molecule has 0 saturated heterocycles. The maximum atomic E-state index is 6.36. The summed E-state index contributed by atoms with van der Waals surface area (Å²) in [6, 6.07) is 20.0. The lowest BCUT2D eigenvalue weighted by Crippen LogP contribution is -1.93. The molecule has 0 aliphatic carbocycles. The summed E-state index contributed by atoms with van der Waals surface area (Å²) >= 11 is 6.36. The SMILES string of the molecule is Nc1c(-c2ccccc2)c(Cl)cc2ccccc12. The Morgan fingerprint density at radius 1 is 0.833 bits per heavy atom. The number of nitrogen functional groups attached to an aromatic ring is 1. The highest BCUT2D eigenvalue weighted by Crippen LogP contribution is 2.38. The van der Waals surface area contributed by atoms with E-state index in [1.54, 1.807) is 0 Å². The summed E-state index contributed by atoms with van der Waals surface area (Å²) in [5.41, 5.74) is 8.97. The molecule has 0 aliphatic heterocycles. The van der Waals surface area contributed by atoms with Crippen LogP contribution < -0.4 is 5.73 Å². The zero-order chi connectivity index (χ0) is 12.5. The Hall–Kier alpha value is -1.99. The van der Waals surface area contributed by atoms with E-state index >= 15 is 0 Å². The van der Waals surface area contributed by atoms with Crippen LogP contribution in [-0.2, 0) is 0 Å². The largest absolute Gasteiger partial charge is 0.398 e. The molecule has 0 bridgehead atoms. The van der Waals surface area contributed by atoms with Crippen LogP contribution in [-0.4, -0.2) is 0 Å². The van der Waals surface area contributed by atoms with Gasteiger partial charge in [-0.05, 0) is 17.0 Å². The first-order chi connectivity index (χ1) is 8.77. The van der Waals surface area contributed by atoms with E-state index in [0.29, 0.717) is 5.02 Å². The van der Waals surface area contributed by atoms with Crippen LogP contribution in [0.15, 0.2) is 60.7 Å². The Morgan fingerprint density at radius 2 is 1.50 bits per heavy atom. The minimum atomic E-state index is 0.692. The Labute approximate surface area is 111 Å². The average molecular weight is 254 g/mol. The Morgan fingerprint density at radius 3 is 2.28 bits per heavy atom. The lowest BCUT2D eigenvalue weighted by molar-refractivity contribution is 1.63. The second-order valence-electron chi connectivity index (χ2n) is 4.23. The highest BCUT2D eigenvalue weighted by Gasteiger charge is 2.11. The van der Waals surface area contributed by atoms with Gasteiger partial charge in [0.25, 0.3) is 0 Å². The highest BCUT2D eigenvalue weighted by atomic mass is 35.5. The van der Waals surface area contributed by atoms with Gasteiger partial charge >= 0.3 is 0 Å². The molecule has 3 aromatic rings. The lowest BCUT2D eigenvalue weighted by Gasteiger charge is -2.11. The van der Waals surface area contributed by atoms with E-state index in [1.807, 2.05) is 60.7 Å². The van der Waals surface area contributed by atoms with Gasteiger partial charge in [0.2, 0.25) is 0 Å². The third kappa shape index (κ3) is 1.73. The summed E-state index contributed by atoms with van der Waals surface area (Å²) in [6.45, 7) is 0. The van der Waals surface area contributed by atoms with Crippen LogP contribution in [0.2, 0.25) is 5.02 Å². The normalized spacial score (nSPS) is 10.7. The lowest BCUT2D eigenvalue weighted by atomic mass is 9.98. The van der Waals surface area contributed by atoms with Gasteiger partial charge in [-0.3, -0.25) is 0 Å². The Balaban J connectivity index is 2.37. The topological polar surface area (TPSA) is 26.0 Å². The third-order valence-corrected chi connectivity index (χ3v) is 3.40. The average Bonchev–Trinajstić information content (AvgIpc) is 2.40. The molecule has 0 heterocycles. The van der Waals surface area contributed by atoms with Crippen molar-refractivity contribution in [3.8, 4) is 11.1 Å².